The molecule has 0 fully saturated rings. The molecule has 0 aliphatic rings. The van der Waals surface area contributed by atoms with Crippen LogP contribution < -0.4 is 11.1 Å². The Morgan fingerprint density at radius 2 is 2.13 bits per heavy atom. The first-order valence-corrected chi connectivity index (χ1v) is 7.21. The summed E-state index contributed by atoms with van der Waals surface area (Å²) in [7, 11) is 0. The Morgan fingerprint density at radius 1 is 1.35 bits per heavy atom. The number of nitrogen functional groups attached to an aromatic ring is 1. The lowest BCUT2D eigenvalue weighted by Crippen LogP contribution is -2.18. The smallest absolute Gasteiger partial charge is 0.147 e. The molecule has 1 aromatic carbocycles. The van der Waals surface area contributed by atoms with Gasteiger partial charge in [0, 0.05) is 11.4 Å². The molecule has 3 rings (SSSR count). The number of benzene rings is 1. The van der Waals surface area contributed by atoms with Crippen molar-refractivity contribution in [2.24, 2.45) is 0 Å². The standard InChI is InChI=1S/C16H17FN6/c1-8(2)22-16-12(15(19)20-7-21-16)13(18)11-6-9-4-3-5-10(17)14(9)23-11/h3-8,18,23H,1-2H3,(H3,19,20,21,22). The van der Waals surface area contributed by atoms with Crippen LogP contribution in [0.3, 0.4) is 0 Å². The van der Waals surface area contributed by atoms with Crippen LogP contribution in [0.1, 0.15) is 25.1 Å². The lowest BCUT2D eigenvalue weighted by atomic mass is 10.1. The van der Waals surface area contributed by atoms with Crippen molar-refractivity contribution in [2.45, 2.75) is 19.9 Å². The maximum Gasteiger partial charge on any atom is 0.147 e. The van der Waals surface area contributed by atoms with Gasteiger partial charge in [-0.3, -0.25) is 5.41 Å². The van der Waals surface area contributed by atoms with E-state index in [4.69, 9.17) is 11.1 Å². The highest BCUT2D eigenvalue weighted by atomic mass is 19.1. The van der Waals surface area contributed by atoms with E-state index in [1.807, 2.05) is 13.8 Å². The highest BCUT2D eigenvalue weighted by molar-refractivity contribution is 6.16. The summed E-state index contributed by atoms with van der Waals surface area (Å²) in [5.41, 5.74) is 7.27. The van der Waals surface area contributed by atoms with Gasteiger partial charge in [0.15, 0.2) is 0 Å². The van der Waals surface area contributed by atoms with Gasteiger partial charge in [-0.15, -0.1) is 0 Å². The number of fused-ring (bicyclic) bond motifs is 1. The van der Waals surface area contributed by atoms with Gasteiger partial charge in [0.25, 0.3) is 0 Å². The van der Waals surface area contributed by atoms with E-state index in [1.54, 1.807) is 18.2 Å². The number of para-hydroxylation sites is 1. The van der Waals surface area contributed by atoms with Crippen LogP contribution >= 0.6 is 0 Å². The van der Waals surface area contributed by atoms with Crippen molar-refractivity contribution < 1.29 is 4.39 Å². The van der Waals surface area contributed by atoms with Crippen molar-refractivity contribution in [3.05, 3.63) is 47.7 Å². The van der Waals surface area contributed by atoms with E-state index in [9.17, 15) is 4.39 Å². The number of hydrogen-bond donors (Lipinski definition) is 4. The van der Waals surface area contributed by atoms with Crippen LogP contribution in [0.5, 0.6) is 0 Å². The first-order valence-electron chi connectivity index (χ1n) is 7.21. The maximum absolute atomic E-state index is 13.8. The second-order valence-corrected chi connectivity index (χ2v) is 5.54. The molecule has 0 aliphatic carbocycles. The van der Waals surface area contributed by atoms with Crippen LogP contribution in [0, 0.1) is 11.2 Å². The minimum atomic E-state index is -0.362. The van der Waals surface area contributed by atoms with Gasteiger partial charge in [-0.05, 0) is 26.0 Å². The summed E-state index contributed by atoms with van der Waals surface area (Å²) in [5.74, 6) is 0.322. The van der Waals surface area contributed by atoms with Gasteiger partial charge in [-0.1, -0.05) is 12.1 Å². The Morgan fingerprint density at radius 3 is 2.83 bits per heavy atom. The van der Waals surface area contributed by atoms with Crippen LogP contribution in [-0.4, -0.2) is 26.7 Å². The van der Waals surface area contributed by atoms with Crippen LogP contribution in [-0.2, 0) is 0 Å². The molecule has 0 saturated carbocycles. The second-order valence-electron chi connectivity index (χ2n) is 5.54. The zero-order chi connectivity index (χ0) is 16.6. The molecule has 2 heterocycles. The molecular formula is C16H17FN6. The monoisotopic (exact) mass is 312 g/mol. The molecular weight excluding hydrogens is 295 g/mol. The summed E-state index contributed by atoms with van der Waals surface area (Å²) in [6.45, 7) is 3.92. The fraction of sp³-hybridized carbons (Fsp3) is 0.188. The largest absolute Gasteiger partial charge is 0.383 e. The fourth-order valence-corrected chi connectivity index (χ4v) is 2.42. The number of aromatic amines is 1. The van der Waals surface area contributed by atoms with E-state index < -0.39 is 0 Å². The lowest BCUT2D eigenvalue weighted by Gasteiger charge is -2.14. The second kappa shape index (κ2) is 5.68. The van der Waals surface area contributed by atoms with Gasteiger partial charge < -0.3 is 16.0 Å². The van der Waals surface area contributed by atoms with Crippen molar-refractivity contribution in [1.82, 2.24) is 15.0 Å². The van der Waals surface area contributed by atoms with E-state index in [-0.39, 0.29) is 23.4 Å². The number of nitrogens with one attached hydrogen (secondary N) is 3. The minimum Gasteiger partial charge on any atom is -0.383 e. The van der Waals surface area contributed by atoms with E-state index >= 15 is 0 Å². The third-order valence-electron chi connectivity index (χ3n) is 3.43. The Bertz CT molecular complexity index is 883. The summed E-state index contributed by atoms with van der Waals surface area (Å²) in [6, 6.07) is 6.62. The molecule has 0 atom stereocenters. The van der Waals surface area contributed by atoms with Crippen molar-refractivity contribution in [3.8, 4) is 0 Å². The minimum absolute atomic E-state index is 0.113. The molecule has 6 nitrogen and oxygen atoms in total. The quantitative estimate of drug-likeness (QED) is 0.556. The van der Waals surface area contributed by atoms with Gasteiger partial charge in [-0.25, -0.2) is 14.4 Å². The SMILES string of the molecule is CC(C)Nc1ncnc(N)c1C(=N)c1cc2cccc(F)c2[nH]1. The number of aromatic nitrogens is 3. The Balaban J connectivity index is 2.10. The van der Waals surface area contributed by atoms with E-state index in [2.05, 4.69) is 20.3 Å². The average Bonchev–Trinajstić information content (AvgIpc) is 2.92. The van der Waals surface area contributed by atoms with Gasteiger partial charge in [0.05, 0.1) is 22.5 Å². The number of nitrogens with zero attached hydrogens (tertiary/aromatic N) is 2. The summed E-state index contributed by atoms with van der Waals surface area (Å²) >= 11 is 0. The number of H-pyrrole nitrogens is 1. The zero-order valence-electron chi connectivity index (χ0n) is 12.8. The number of anilines is 2. The predicted octanol–water partition coefficient (Wildman–Crippen LogP) is 2.92. The van der Waals surface area contributed by atoms with E-state index in [0.29, 0.717) is 28.0 Å². The molecule has 0 saturated heterocycles. The molecule has 3 aromatic rings. The molecule has 0 spiro atoms. The third-order valence-corrected chi connectivity index (χ3v) is 3.43. The molecule has 7 heteroatoms. The Kier molecular flexibility index (Phi) is 3.69. The van der Waals surface area contributed by atoms with Crippen molar-refractivity contribution in [2.75, 3.05) is 11.1 Å². The van der Waals surface area contributed by atoms with E-state index in [1.165, 1.54) is 12.4 Å². The summed E-state index contributed by atoms with van der Waals surface area (Å²) < 4.78 is 13.8. The number of nitrogens with two attached hydrogens (primary N) is 1. The summed E-state index contributed by atoms with van der Waals surface area (Å²) in [6.07, 6.45) is 1.35. The van der Waals surface area contributed by atoms with Crippen LogP contribution in [0.15, 0.2) is 30.6 Å². The average molecular weight is 312 g/mol. The first-order chi connectivity index (χ1) is 11.0. The molecule has 0 aliphatic heterocycles. The Hall–Kier alpha value is -2.96. The molecule has 0 amide bonds. The van der Waals surface area contributed by atoms with Gasteiger partial charge in [0.1, 0.15) is 23.8 Å². The molecule has 0 unspecified atom stereocenters. The topological polar surface area (TPSA) is 103 Å². The third kappa shape index (κ3) is 2.73. The van der Waals surface area contributed by atoms with Crippen molar-refractivity contribution in [3.63, 3.8) is 0 Å². The lowest BCUT2D eigenvalue weighted by molar-refractivity contribution is 0.637. The van der Waals surface area contributed by atoms with E-state index in [0.717, 1.165) is 0 Å². The van der Waals surface area contributed by atoms with Crippen LogP contribution in [0.2, 0.25) is 0 Å². The Labute approximate surface area is 132 Å². The van der Waals surface area contributed by atoms with Crippen molar-refractivity contribution in [1.29, 1.82) is 5.41 Å². The van der Waals surface area contributed by atoms with Crippen molar-refractivity contribution >= 4 is 28.3 Å². The van der Waals surface area contributed by atoms with Gasteiger partial charge in [0.2, 0.25) is 0 Å². The molecule has 0 bridgehead atoms. The van der Waals surface area contributed by atoms with Gasteiger partial charge in [-0.2, -0.15) is 0 Å². The highest BCUT2D eigenvalue weighted by Gasteiger charge is 2.18. The number of hydrogen-bond acceptors (Lipinski definition) is 5. The zero-order valence-corrected chi connectivity index (χ0v) is 12.8. The summed E-state index contributed by atoms with van der Waals surface area (Å²) in [5, 5.41) is 12.3. The summed E-state index contributed by atoms with van der Waals surface area (Å²) in [4.78, 5) is 11.1. The normalized spacial score (nSPS) is 11.1. The maximum atomic E-state index is 13.8. The molecule has 118 valence electrons. The highest BCUT2D eigenvalue weighted by Crippen LogP contribution is 2.25. The van der Waals surface area contributed by atoms with Crippen LogP contribution in [0.4, 0.5) is 16.0 Å². The predicted molar refractivity (Wildman–Crippen MR) is 89.4 cm³/mol. The van der Waals surface area contributed by atoms with Crippen LogP contribution in [0.25, 0.3) is 10.9 Å². The number of halogens is 1. The molecule has 0 radical (unpaired) electrons. The molecule has 5 N–H and O–H groups in total. The van der Waals surface area contributed by atoms with Gasteiger partial charge >= 0.3 is 0 Å². The molecule has 23 heavy (non-hydrogen) atoms. The first kappa shape index (κ1) is 15.0. The molecule has 2 aromatic heterocycles. The number of rotatable bonds is 4. The fourth-order valence-electron chi connectivity index (χ4n) is 2.42.